The zero-order valence-corrected chi connectivity index (χ0v) is 16.4. The largest absolute Gasteiger partial charge is 0.338 e. The highest BCUT2D eigenvalue weighted by Gasteiger charge is 2.08. The third-order valence-corrected chi connectivity index (χ3v) is 5.54. The maximum Gasteiger partial charge on any atom is 0.234 e. The molecule has 4 nitrogen and oxygen atoms in total. The van der Waals surface area contributed by atoms with Gasteiger partial charge in [-0.05, 0) is 42.3 Å². The minimum absolute atomic E-state index is 0.000315. The molecule has 0 bridgehead atoms. The molecule has 28 heavy (non-hydrogen) atoms. The van der Waals surface area contributed by atoms with E-state index in [9.17, 15) is 4.79 Å². The highest BCUT2D eigenvalue weighted by atomic mass is 32.2. The Kier molecular flexibility index (Phi) is 5.44. The Morgan fingerprint density at radius 2 is 1.86 bits per heavy atom. The summed E-state index contributed by atoms with van der Waals surface area (Å²) < 4.78 is 0. The standard InChI is InChI=1S/C23H21N3OS/c1-16-7-2-3-8-18(16)14-28-15-22(27)24-19-10-6-9-17(13-19)23-25-20-11-4-5-12-21(20)26-23/h2-13H,14-15H2,1H3,(H,24,27)(H,25,26). The molecule has 0 aliphatic heterocycles. The number of imidazole rings is 1. The number of amides is 1. The number of hydrogen-bond acceptors (Lipinski definition) is 3. The van der Waals surface area contributed by atoms with Crippen LogP contribution in [0.25, 0.3) is 22.4 Å². The van der Waals surface area contributed by atoms with E-state index in [0.29, 0.717) is 5.75 Å². The van der Waals surface area contributed by atoms with Crippen LogP contribution in [0.3, 0.4) is 0 Å². The van der Waals surface area contributed by atoms with Gasteiger partial charge in [-0.15, -0.1) is 11.8 Å². The Hall–Kier alpha value is -3.05. The number of nitrogens with one attached hydrogen (secondary N) is 2. The molecule has 5 heteroatoms. The topological polar surface area (TPSA) is 57.8 Å². The number of rotatable bonds is 6. The normalized spacial score (nSPS) is 10.9. The minimum Gasteiger partial charge on any atom is -0.338 e. The fourth-order valence-electron chi connectivity index (χ4n) is 3.06. The predicted octanol–water partition coefficient (Wildman–Crippen LogP) is 5.41. The SMILES string of the molecule is Cc1ccccc1CSCC(=O)Nc1cccc(-c2nc3ccccc3[nH]2)c1. The van der Waals surface area contributed by atoms with Gasteiger partial charge in [0.05, 0.1) is 16.8 Å². The van der Waals surface area contributed by atoms with E-state index in [2.05, 4.69) is 34.3 Å². The summed E-state index contributed by atoms with van der Waals surface area (Å²) in [4.78, 5) is 20.3. The van der Waals surface area contributed by atoms with E-state index in [-0.39, 0.29) is 5.91 Å². The van der Waals surface area contributed by atoms with Crippen molar-refractivity contribution in [1.82, 2.24) is 9.97 Å². The summed E-state index contributed by atoms with van der Waals surface area (Å²) in [5, 5.41) is 2.99. The predicted molar refractivity (Wildman–Crippen MR) is 118 cm³/mol. The average Bonchev–Trinajstić information content (AvgIpc) is 3.14. The molecule has 0 atom stereocenters. The number of benzene rings is 3. The fraction of sp³-hybridized carbons (Fsp3) is 0.130. The molecule has 0 saturated heterocycles. The lowest BCUT2D eigenvalue weighted by atomic mass is 10.1. The molecule has 1 amide bonds. The third kappa shape index (κ3) is 4.26. The quantitative estimate of drug-likeness (QED) is 0.465. The van der Waals surface area contributed by atoms with Crippen LogP contribution in [0.4, 0.5) is 5.69 Å². The molecule has 0 saturated carbocycles. The number of carbonyl (C=O) groups excluding carboxylic acids is 1. The van der Waals surface area contributed by atoms with Crippen LogP contribution in [-0.2, 0) is 10.5 Å². The van der Waals surface area contributed by atoms with E-state index in [1.807, 2.05) is 60.7 Å². The summed E-state index contributed by atoms with van der Waals surface area (Å²) in [6.45, 7) is 2.10. The Bertz CT molecular complexity index is 1090. The van der Waals surface area contributed by atoms with Crippen molar-refractivity contribution in [3.8, 4) is 11.4 Å². The van der Waals surface area contributed by atoms with Crippen LogP contribution in [0.1, 0.15) is 11.1 Å². The minimum atomic E-state index is 0.000315. The number of aromatic amines is 1. The molecule has 4 aromatic rings. The number of aromatic nitrogens is 2. The van der Waals surface area contributed by atoms with Crippen LogP contribution in [0.2, 0.25) is 0 Å². The van der Waals surface area contributed by atoms with Gasteiger partial charge in [0.2, 0.25) is 5.91 Å². The van der Waals surface area contributed by atoms with Crippen molar-refractivity contribution >= 4 is 34.4 Å². The van der Waals surface area contributed by atoms with Crippen molar-refractivity contribution in [3.05, 3.63) is 83.9 Å². The van der Waals surface area contributed by atoms with Crippen LogP contribution in [0, 0.1) is 6.92 Å². The third-order valence-electron chi connectivity index (χ3n) is 4.56. The Morgan fingerprint density at radius 3 is 2.71 bits per heavy atom. The molecule has 0 aliphatic rings. The first-order valence-electron chi connectivity index (χ1n) is 9.16. The summed E-state index contributed by atoms with van der Waals surface area (Å²) >= 11 is 1.62. The number of carbonyl (C=O) groups is 1. The Balaban J connectivity index is 1.39. The molecule has 3 aromatic carbocycles. The molecule has 4 rings (SSSR count). The van der Waals surface area contributed by atoms with Gasteiger partial charge in [-0.2, -0.15) is 0 Å². The van der Waals surface area contributed by atoms with Crippen molar-refractivity contribution < 1.29 is 4.79 Å². The summed E-state index contributed by atoms with van der Waals surface area (Å²) in [7, 11) is 0. The van der Waals surface area contributed by atoms with Crippen molar-refractivity contribution in [1.29, 1.82) is 0 Å². The molecule has 140 valence electrons. The first-order valence-corrected chi connectivity index (χ1v) is 10.3. The van der Waals surface area contributed by atoms with E-state index in [0.717, 1.165) is 33.9 Å². The van der Waals surface area contributed by atoms with Crippen LogP contribution < -0.4 is 5.32 Å². The first kappa shape index (κ1) is 18.3. The van der Waals surface area contributed by atoms with Gasteiger partial charge in [0.1, 0.15) is 5.82 Å². The zero-order valence-electron chi connectivity index (χ0n) is 15.6. The van der Waals surface area contributed by atoms with Gasteiger partial charge in [0, 0.05) is 17.0 Å². The van der Waals surface area contributed by atoms with Crippen LogP contribution in [0.5, 0.6) is 0 Å². The number of anilines is 1. The van der Waals surface area contributed by atoms with E-state index in [1.54, 1.807) is 11.8 Å². The van der Waals surface area contributed by atoms with Crippen LogP contribution in [0.15, 0.2) is 72.8 Å². The second-order valence-corrected chi connectivity index (χ2v) is 7.64. The number of hydrogen-bond donors (Lipinski definition) is 2. The maximum atomic E-state index is 12.3. The average molecular weight is 388 g/mol. The highest BCUT2D eigenvalue weighted by Crippen LogP contribution is 2.23. The van der Waals surface area contributed by atoms with Crippen molar-refractivity contribution in [2.24, 2.45) is 0 Å². The lowest BCUT2D eigenvalue weighted by Crippen LogP contribution is -2.14. The molecule has 0 radical (unpaired) electrons. The molecular formula is C23H21N3OS. The van der Waals surface area contributed by atoms with Crippen LogP contribution >= 0.6 is 11.8 Å². The second kappa shape index (κ2) is 8.31. The van der Waals surface area contributed by atoms with Gasteiger partial charge in [0.15, 0.2) is 0 Å². The summed E-state index contributed by atoms with van der Waals surface area (Å²) in [5.41, 5.74) is 6.18. The van der Waals surface area contributed by atoms with E-state index in [1.165, 1.54) is 11.1 Å². The Labute approximate surface area is 168 Å². The molecule has 0 spiro atoms. The van der Waals surface area contributed by atoms with Gasteiger partial charge in [-0.1, -0.05) is 48.5 Å². The summed E-state index contributed by atoms with van der Waals surface area (Å²) in [6.07, 6.45) is 0. The number of fused-ring (bicyclic) bond motifs is 1. The van der Waals surface area contributed by atoms with Gasteiger partial charge in [0.25, 0.3) is 0 Å². The van der Waals surface area contributed by atoms with E-state index in [4.69, 9.17) is 0 Å². The highest BCUT2D eigenvalue weighted by molar-refractivity contribution is 7.99. The first-order chi connectivity index (χ1) is 13.7. The molecule has 2 N–H and O–H groups in total. The van der Waals surface area contributed by atoms with Gasteiger partial charge in [-0.3, -0.25) is 4.79 Å². The van der Waals surface area contributed by atoms with Crippen molar-refractivity contribution in [2.45, 2.75) is 12.7 Å². The molecule has 0 unspecified atom stereocenters. The Morgan fingerprint density at radius 1 is 1.04 bits per heavy atom. The monoisotopic (exact) mass is 387 g/mol. The molecule has 1 aromatic heterocycles. The molecular weight excluding hydrogens is 366 g/mol. The molecule has 0 fully saturated rings. The smallest absolute Gasteiger partial charge is 0.234 e. The van der Waals surface area contributed by atoms with Gasteiger partial charge in [-0.25, -0.2) is 4.98 Å². The van der Waals surface area contributed by atoms with Gasteiger partial charge >= 0.3 is 0 Å². The fourth-order valence-corrected chi connectivity index (χ4v) is 3.96. The number of thioether (sulfide) groups is 1. The molecule has 0 aliphatic carbocycles. The van der Waals surface area contributed by atoms with Crippen molar-refractivity contribution in [3.63, 3.8) is 0 Å². The maximum absolute atomic E-state index is 12.3. The molecule has 1 heterocycles. The van der Waals surface area contributed by atoms with Crippen LogP contribution in [-0.4, -0.2) is 21.6 Å². The second-order valence-electron chi connectivity index (χ2n) is 6.65. The number of para-hydroxylation sites is 2. The van der Waals surface area contributed by atoms with E-state index < -0.39 is 0 Å². The zero-order chi connectivity index (χ0) is 19.3. The number of aryl methyl sites for hydroxylation is 1. The lowest BCUT2D eigenvalue weighted by Gasteiger charge is -2.08. The number of H-pyrrole nitrogens is 1. The summed E-state index contributed by atoms with van der Waals surface area (Å²) in [6, 6.07) is 24.0. The summed E-state index contributed by atoms with van der Waals surface area (Å²) in [5.74, 6) is 2.05. The number of nitrogens with zero attached hydrogens (tertiary/aromatic N) is 1. The van der Waals surface area contributed by atoms with Gasteiger partial charge < -0.3 is 10.3 Å². The van der Waals surface area contributed by atoms with E-state index >= 15 is 0 Å². The lowest BCUT2D eigenvalue weighted by molar-refractivity contribution is -0.113. The van der Waals surface area contributed by atoms with Crippen molar-refractivity contribution in [2.75, 3.05) is 11.1 Å².